The maximum absolute atomic E-state index is 12.1. The fourth-order valence-electron chi connectivity index (χ4n) is 1.92. The highest BCUT2D eigenvalue weighted by Gasteiger charge is 2.23. The number of pyridine rings is 1. The van der Waals surface area contributed by atoms with Crippen LogP contribution in [0.15, 0.2) is 48.7 Å². The molecule has 5 nitrogen and oxygen atoms in total. The molecule has 0 aliphatic heterocycles. The van der Waals surface area contributed by atoms with Gasteiger partial charge in [-0.2, -0.15) is 0 Å². The van der Waals surface area contributed by atoms with Gasteiger partial charge in [0, 0.05) is 17.4 Å². The molecule has 0 saturated heterocycles. The molecule has 2 aromatic rings. The number of rotatable bonds is 4. The van der Waals surface area contributed by atoms with Crippen molar-refractivity contribution in [3.05, 3.63) is 59.9 Å². The Morgan fingerprint density at radius 2 is 2.08 bits per heavy atom. The van der Waals surface area contributed by atoms with Crippen LogP contribution in [0.5, 0.6) is 0 Å². The van der Waals surface area contributed by atoms with E-state index < -0.39 is 5.54 Å². The molecule has 0 fully saturated rings. The van der Waals surface area contributed by atoms with Gasteiger partial charge in [0.1, 0.15) is 5.69 Å². The quantitative estimate of drug-likeness (QED) is 0.758. The SMILES string of the molecule is CC[C@@](C)(CO)NC(=O)Nc1cccc(C#Cc2ccccn2)c1. The highest BCUT2D eigenvalue weighted by atomic mass is 16.3. The smallest absolute Gasteiger partial charge is 0.319 e. The summed E-state index contributed by atoms with van der Waals surface area (Å²) in [6.45, 7) is 3.58. The summed E-state index contributed by atoms with van der Waals surface area (Å²) >= 11 is 0. The van der Waals surface area contributed by atoms with Gasteiger partial charge in [-0.3, -0.25) is 0 Å². The summed E-state index contributed by atoms with van der Waals surface area (Å²) in [5.74, 6) is 6.00. The Morgan fingerprint density at radius 3 is 2.75 bits per heavy atom. The Hall–Kier alpha value is -2.84. The summed E-state index contributed by atoms with van der Waals surface area (Å²) in [6, 6.07) is 12.5. The molecule has 1 aromatic carbocycles. The van der Waals surface area contributed by atoms with Gasteiger partial charge in [0.25, 0.3) is 0 Å². The predicted octanol–water partition coefficient (Wildman–Crippen LogP) is 2.76. The first-order chi connectivity index (χ1) is 11.5. The third kappa shape index (κ3) is 5.11. The van der Waals surface area contributed by atoms with E-state index in [9.17, 15) is 9.90 Å². The fourth-order valence-corrected chi connectivity index (χ4v) is 1.92. The van der Waals surface area contributed by atoms with Crippen LogP contribution in [0.3, 0.4) is 0 Å². The average Bonchev–Trinajstić information content (AvgIpc) is 2.61. The third-order valence-corrected chi connectivity index (χ3v) is 3.66. The van der Waals surface area contributed by atoms with Crippen LogP contribution >= 0.6 is 0 Å². The number of hydrogen-bond donors (Lipinski definition) is 3. The van der Waals surface area contributed by atoms with Gasteiger partial charge in [0.15, 0.2) is 0 Å². The second-order valence-corrected chi connectivity index (χ2v) is 5.70. The summed E-state index contributed by atoms with van der Waals surface area (Å²) in [4.78, 5) is 16.2. The van der Waals surface area contributed by atoms with Gasteiger partial charge in [0.05, 0.1) is 12.1 Å². The number of aliphatic hydroxyl groups is 1. The molecule has 0 bridgehead atoms. The number of amides is 2. The summed E-state index contributed by atoms with van der Waals surface area (Å²) < 4.78 is 0. The fraction of sp³-hybridized carbons (Fsp3) is 0.263. The van der Waals surface area contributed by atoms with E-state index in [-0.39, 0.29) is 12.6 Å². The van der Waals surface area contributed by atoms with Crippen LogP contribution in [0.25, 0.3) is 0 Å². The number of anilines is 1. The number of nitrogens with one attached hydrogen (secondary N) is 2. The van der Waals surface area contributed by atoms with Crippen molar-refractivity contribution in [2.24, 2.45) is 0 Å². The molecular weight excluding hydrogens is 302 g/mol. The molecular formula is C19H21N3O2. The zero-order valence-electron chi connectivity index (χ0n) is 13.8. The molecule has 124 valence electrons. The monoisotopic (exact) mass is 323 g/mol. The topological polar surface area (TPSA) is 74.2 Å². The van der Waals surface area contributed by atoms with Gasteiger partial charge in [-0.15, -0.1) is 0 Å². The van der Waals surface area contributed by atoms with E-state index in [4.69, 9.17) is 0 Å². The van der Waals surface area contributed by atoms with Crippen molar-refractivity contribution in [2.45, 2.75) is 25.8 Å². The Labute approximate surface area is 142 Å². The molecule has 0 spiro atoms. The van der Waals surface area contributed by atoms with Crippen molar-refractivity contribution in [3.8, 4) is 11.8 Å². The van der Waals surface area contributed by atoms with E-state index in [1.807, 2.05) is 37.3 Å². The number of urea groups is 1. The number of benzene rings is 1. The largest absolute Gasteiger partial charge is 0.394 e. The minimum Gasteiger partial charge on any atom is -0.394 e. The molecule has 0 saturated carbocycles. The van der Waals surface area contributed by atoms with E-state index >= 15 is 0 Å². The van der Waals surface area contributed by atoms with Crippen molar-refractivity contribution in [2.75, 3.05) is 11.9 Å². The number of aliphatic hydroxyl groups excluding tert-OH is 1. The van der Waals surface area contributed by atoms with Crippen molar-refractivity contribution >= 4 is 11.7 Å². The van der Waals surface area contributed by atoms with Gasteiger partial charge >= 0.3 is 6.03 Å². The van der Waals surface area contributed by atoms with Gasteiger partial charge in [-0.05, 0) is 49.6 Å². The highest BCUT2D eigenvalue weighted by Crippen LogP contribution is 2.12. The Kier molecular flexibility index (Phi) is 5.94. The summed E-state index contributed by atoms with van der Waals surface area (Å²) in [5.41, 5.74) is 1.46. The first-order valence-electron chi connectivity index (χ1n) is 7.78. The van der Waals surface area contributed by atoms with Crippen LogP contribution in [0, 0.1) is 11.8 Å². The van der Waals surface area contributed by atoms with E-state index in [1.165, 1.54) is 0 Å². The molecule has 0 aliphatic rings. The molecule has 24 heavy (non-hydrogen) atoms. The first-order valence-corrected chi connectivity index (χ1v) is 7.78. The zero-order valence-corrected chi connectivity index (χ0v) is 13.8. The molecule has 3 N–H and O–H groups in total. The van der Waals surface area contributed by atoms with Crippen LogP contribution in [0.4, 0.5) is 10.5 Å². The normalized spacial score (nSPS) is 12.5. The minimum atomic E-state index is -0.638. The Morgan fingerprint density at radius 1 is 1.25 bits per heavy atom. The summed E-state index contributed by atoms with van der Waals surface area (Å²) in [7, 11) is 0. The lowest BCUT2D eigenvalue weighted by Gasteiger charge is -2.27. The van der Waals surface area contributed by atoms with Gasteiger partial charge in [-0.25, -0.2) is 9.78 Å². The van der Waals surface area contributed by atoms with Crippen LogP contribution < -0.4 is 10.6 Å². The molecule has 0 radical (unpaired) electrons. The van der Waals surface area contributed by atoms with Gasteiger partial charge in [-0.1, -0.05) is 25.0 Å². The lowest BCUT2D eigenvalue weighted by atomic mass is 10.0. The summed E-state index contributed by atoms with van der Waals surface area (Å²) in [6.07, 6.45) is 2.32. The number of hydrogen-bond acceptors (Lipinski definition) is 3. The Bertz CT molecular complexity index is 744. The lowest BCUT2D eigenvalue weighted by Crippen LogP contribution is -2.50. The van der Waals surface area contributed by atoms with E-state index in [2.05, 4.69) is 27.5 Å². The molecule has 2 amide bonds. The standard InChI is InChI=1S/C19H21N3O2/c1-3-19(2,14-23)22-18(24)21-17-9-6-7-15(13-17)10-11-16-8-4-5-12-20-16/h4-9,12-13,23H,3,14H2,1-2H3,(H2,21,22,24)/t19-/m0/s1. The molecule has 2 rings (SSSR count). The van der Waals surface area contributed by atoms with Gasteiger partial charge in [0.2, 0.25) is 0 Å². The lowest BCUT2D eigenvalue weighted by molar-refractivity contribution is 0.172. The number of nitrogens with zero attached hydrogens (tertiary/aromatic N) is 1. The van der Waals surface area contributed by atoms with Crippen molar-refractivity contribution in [1.82, 2.24) is 10.3 Å². The van der Waals surface area contributed by atoms with Crippen molar-refractivity contribution in [1.29, 1.82) is 0 Å². The molecule has 0 unspecified atom stereocenters. The van der Waals surface area contributed by atoms with Crippen LogP contribution in [0.1, 0.15) is 31.5 Å². The second kappa shape index (κ2) is 8.14. The molecule has 0 aliphatic carbocycles. The average molecular weight is 323 g/mol. The molecule has 1 heterocycles. The van der Waals surface area contributed by atoms with Crippen LogP contribution in [-0.4, -0.2) is 28.3 Å². The minimum absolute atomic E-state index is 0.119. The predicted molar refractivity (Wildman–Crippen MR) is 94.6 cm³/mol. The van der Waals surface area contributed by atoms with E-state index in [0.29, 0.717) is 17.8 Å². The molecule has 1 atom stereocenters. The van der Waals surface area contributed by atoms with Crippen LogP contribution in [0.2, 0.25) is 0 Å². The second-order valence-electron chi connectivity index (χ2n) is 5.70. The van der Waals surface area contributed by atoms with Crippen molar-refractivity contribution < 1.29 is 9.90 Å². The zero-order chi connectivity index (χ0) is 17.4. The maximum Gasteiger partial charge on any atom is 0.319 e. The number of carbonyl (C=O) groups is 1. The Balaban J connectivity index is 2.06. The van der Waals surface area contributed by atoms with E-state index in [1.54, 1.807) is 25.3 Å². The van der Waals surface area contributed by atoms with E-state index in [0.717, 1.165) is 5.56 Å². The highest BCUT2D eigenvalue weighted by molar-refractivity contribution is 5.90. The first kappa shape index (κ1) is 17.5. The third-order valence-electron chi connectivity index (χ3n) is 3.66. The van der Waals surface area contributed by atoms with Crippen molar-refractivity contribution in [3.63, 3.8) is 0 Å². The number of aromatic nitrogens is 1. The molecule has 1 aromatic heterocycles. The van der Waals surface area contributed by atoms with Gasteiger partial charge < -0.3 is 15.7 Å². The maximum atomic E-state index is 12.1. The summed E-state index contributed by atoms with van der Waals surface area (Å²) in [5, 5.41) is 14.9. The van der Waals surface area contributed by atoms with Crippen LogP contribution in [-0.2, 0) is 0 Å². The number of carbonyl (C=O) groups excluding carboxylic acids is 1. The molecule has 5 heteroatoms.